The maximum Gasteiger partial charge on any atom is 0.147 e. The molecule has 0 unspecified atom stereocenters. The minimum absolute atomic E-state index is 0.185. The summed E-state index contributed by atoms with van der Waals surface area (Å²) in [5, 5.41) is 3.05. The van der Waals surface area contributed by atoms with Gasteiger partial charge in [0.25, 0.3) is 0 Å². The van der Waals surface area contributed by atoms with Gasteiger partial charge in [0.05, 0.1) is 5.69 Å². The molecule has 2 aromatic carbocycles. The molecule has 0 saturated carbocycles. The molecule has 0 heterocycles. The van der Waals surface area contributed by atoms with E-state index in [4.69, 9.17) is 18.0 Å². The zero-order valence-electron chi connectivity index (χ0n) is 11.4. The fraction of sp³-hybridized carbons (Fsp3) is 0.133. The van der Waals surface area contributed by atoms with E-state index in [0.29, 0.717) is 11.3 Å². The highest BCUT2D eigenvalue weighted by Gasteiger charge is 2.06. The van der Waals surface area contributed by atoms with Crippen molar-refractivity contribution in [2.24, 2.45) is 5.73 Å². The Hall–Kier alpha value is -2.14. The number of thiocarbonyl (C=S) groups is 1. The average molecular weight is 289 g/mol. The van der Waals surface area contributed by atoms with E-state index in [1.165, 1.54) is 6.07 Å². The first-order chi connectivity index (χ1) is 9.47. The fourth-order valence-corrected chi connectivity index (χ4v) is 1.91. The molecule has 0 aliphatic carbocycles. The lowest BCUT2D eigenvalue weighted by molar-refractivity contribution is 0.631. The summed E-state index contributed by atoms with van der Waals surface area (Å²) in [5.74, 6) is -0.384. The zero-order chi connectivity index (χ0) is 14.7. The van der Waals surface area contributed by atoms with Gasteiger partial charge in [-0.15, -0.1) is 0 Å². The predicted octanol–water partition coefficient (Wildman–Crippen LogP) is 3.27. The van der Waals surface area contributed by atoms with Gasteiger partial charge in [0.15, 0.2) is 0 Å². The normalized spacial score (nSPS) is 10.2. The summed E-state index contributed by atoms with van der Waals surface area (Å²) >= 11 is 4.83. The van der Waals surface area contributed by atoms with E-state index >= 15 is 0 Å². The molecule has 0 fully saturated rings. The smallest absolute Gasteiger partial charge is 0.147 e. The Bertz CT molecular complexity index is 641. The number of hydrogen-bond acceptors (Lipinski definition) is 3. The Morgan fingerprint density at radius 3 is 2.55 bits per heavy atom. The average Bonchev–Trinajstić information content (AvgIpc) is 2.41. The second kappa shape index (κ2) is 5.88. The van der Waals surface area contributed by atoms with Gasteiger partial charge in [-0.3, -0.25) is 0 Å². The van der Waals surface area contributed by atoms with Crippen LogP contribution < -0.4 is 16.0 Å². The summed E-state index contributed by atoms with van der Waals surface area (Å²) < 4.78 is 14.0. The Balaban J connectivity index is 2.26. The monoisotopic (exact) mass is 289 g/mol. The van der Waals surface area contributed by atoms with E-state index in [9.17, 15) is 4.39 Å². The van der Waals surface area contributed by atoms with Crippen LogP contribution in [0.2, 0.25) is 0 Å². The first-order valence-electron chi connectivity index (χ1n) is 6.11. The van der Waals surface area contributed by atoms with Crippen molar-refractivity contribution < 1.29 is 4.39 Å². The molecule has 0 radical (unpaired) electrons. The number of anilines is 3. The summed E-state index contributed by atoms with van der Waals surface area (Å²) in [6.07, 6.45) is 0. The van der Waals surface area contributed by atoms with Crippen molar-refractivity contribution in [1.82, 2.24) is 0 Å². The molecule has 2 rings (SSSR count). The lowest BCUT2D eigenvalue weighted by Crippen LogP contribution is -2.10. The SMILES string of the molecule is CN(C)c1cccc(Nc2ccc(C(N)=S)cc2F)c1. The molecular formula is C15H16FN3S. The minimum Gasteiger partial charge on any atom is -0.389 e. The molecule has 0 spiro atoms. The Labute approximate surface area is 123 Å². The number of rotatable bonds is 4. The van der Waals surface area contributed by atoms with Gasteiger partial charge in [-0.05, 0) is 36.4 Å². The van der Waals surface area contributed by atoms with Crippen molar-refractivity contribution >= 4 is 34.3 Å². The van der Waals surface area contributed by atoms with Gasteiger partial charge in [-0.2, -0.15) is 0 Å². The van der Waals surface area contributed by atoms with Crippen molar-refractivity contribution in [2.75, 3.05) is 24.3 Å². The van der Waals surface area contributed by atoms with Crippen LogP contribution in [0.1, 0.15) is 5.56 Å². The molecule has 0 aliphatic rings. The summed E-state index contributed by atoms with van der Waals surface area (Å²) in [7, 11) is 3.91. The Morgan fingerprint density at radius 2 is 1.95 bits per heavy atom. The molecule has 0 aliphatic heterocycles. The topological polar surface area (TPSA) is 41.3 Å². The Morgan fingerprint density at radius 1 is 1.20 bits per heavy atom. The minimum atomic E-state index is -0.384. The molecule has 5 heteroatoms. The highest BCUT2D eigenvalue weighted by molar-refractivity contribution is 7.80. The molecule has 2 aromatic rings. The molecule has 0 atom stereocenters. The van der Waals surface area contributed by atoms with Crippen LogP contribution in [0.15, 0.2) is 42.5 Å². The van der Waals surface area contributed by atoms with Crippen molar-refractivity contribution in [2.45, 2.75) is 0 Å². The van der Waals surface area contributed by atoms with Gasteiger partial charge in [-0.25, -0.2) is 4.39 Å². The van der Waals surface area contributed by atoms with Crippen LogP contribution in [0, 0.1) is 5.82 Å². The molecule has 0 bridgehead atoms. The molecule has 0 saturated heterocycles. The van der Waals surface area contributed by atoms with Crippen LogP contribution in [-0.4, -0.2) is 19.1 Å². The van der Waals surface area contributed by atoms with E-state index in [0.717, 1.165) is 11.4 Å². The highest BCUT2D eigenvalue weighted by Crippen LogP contribution is 2.24. The van der Waals surface area contributed by atoms with Crippen LogP contribution in [0.5, 0.6) is 0 Å². The third-order valence-corrected chi connectivity index (χ3v) is 3.13. The van der Waals surface area contributed by atoms with E-state index < -0.39 is 0 Å². The van der Waals surface area contributed by atoms with Gasteiger partial charge in [0.1, 0.15) is 10.8 Å². The lowest BCUT2D eigenvalue weighted by Gasteiger charge is -2.15. The standard InChI is InChI=1S/C15H16FN3S/c1-19(2)12-5-3-4-11(9-12)18-14-7-6-10(15(17)20)8-13(14)16/h3-9,18H,1-2H3,(H2,17,20). The maximum absolute atomic E-state index is 14.0. The van der Waals surface area contributed by atoms with Crippen LogP contribution >= 0.6 is 12.2 Å². The van der Waals surface area contributed by atoms with Gasteiger partial charge >= 0.3 is 0 Å². The third kappa shape index (κ3) is 3.24. The predicted molar refractivity (Wildman–Crippen MR) is 86.3 cm³/mol. The van der Waals surface area contributed by atoms with Crippen molar-refractivity contribution in [3.63, 3.8) is 0 Å². The zero-order valence-corrected chi connectivity index (χ0v) is 12.2. The third-order valence-electron chi connectivity index (χ3n) is 2.90. The van der Waals surface area contributed by atoms with E-state index in [1.807, 2.05) is 43.3 Å². The number of nitrogens with two attached hydrogens (primary N) is 1. The molecular weight excluding hydrogens is 273 g/mol. The quantitative estimate of drug-likeness (QED) is 0.848. The summed E-state index contributed by atoms with van der Waals surface area (Å²) in [4.78, 5) is 2.17. The molecule has 104 valence electrons. The van der Waals surface area contributed by atoms with Gasteiger partial charge in [-0.1, -0.05) is 18.3 Å². The van der Waals surface area contributed by atoms with Gasteiger partial charge in [0, 0.05) is 31.0 Å². The van der Waals surface area contributed by atoms with Crippen LogP contribution in [0.4, 0.5) is 21.5 Å². The molecule has 20 heavy (non-hydrogen) atoms. The largest absolute Gasteiger partial charge is 0.389 e. The van der Waals surface area contributed by atoms with Crippen LogP contribution in [0.3, 0.4) is 0 Å². The fourth-order valence-electron chi connectivity index (χ4n) is 1.79. The van der Waals surface area contributed by atoms with Crippen molar-refractivity contribution in [3.8, 4) is 0 Å². The Kier molecular flexibility index (Phi) is 4.20. The van der Waals surface area contributed by atoms with Crippen LogP contribution in [-0.2, 0) is 0 Å². The molecule has 0 amide bonds. The number of benzene rings is 2. The highest BCUT2D eigenvalue weighted by atomic mass is 32.1. The summed E-state index contributed by atoms with van der Waals surface area (Å²) in [6, 6.07) is 12.4. The first kappa shape index (κ1) is 14.3. The second-order valence-corrected chi connectivity index (χ2v) is 5.07. The number of halogens is 1. The molecule has 3 nitrogen and oxygen atoms in total. The summed E-state index contributed by atoms with van der Waals surface area (Å²) in [6.45, 7) is 0. The lowest BCUT2D eigenvalue weighted by atomic mass is 10.2. The van der Waals surface area contributed by atoms with E-state index in [1.54, 1.807) is 12.1 Å². The van der Waals surface area contributed by atoms with Crippen LogP contribution in [0.25, 0.3) is 0 Å². The number of nitrogens with zero attached hydrogens (tertiary/aromatic N) is 1. The van der Waals surface area contributed by atoms with Gasteiger partial charge < -0.3 is 16.0 Å². The van der Waals surface area contributed by atoms with E-state index in [-0.39, 0.29) is 10.8 Å². The maximum atomic E-state index is 14.0. The molecule has 0 aromatic heterocycles. The van der Waals surface area contributed by atoms with Gasteiger partial charge in [0.2, 0.25) is 0 Å². The van der Waals surface area contributed by atoms with Crippen molar-refractivity contribution in [3.05, 3.63) is 53.8 Å². The number of hydrogen-bond donors (Lipinski definition) is 2. The molecule has 3 N–H and O–H groups in total. The summed E-state index contributed by atoms with van der Waals surface area (Å²) in [5.41, 5.74) is 8.24. The number of nitrogens with one attached hydrogen (secondary N) is 1. The second-order valence-electron chi connectivity index (χ2n) is 4.63. The first-order valence-corrected chi connectivity index (χ1v) is 6.52. The van der Waals surface area contributed by atoms with Crippen molar-refractivity contribution in [1.29, 1.82) is 0 Å². The van der Waals surface area contributed by atoms with E-state index in [2.05, 4.69) is 5.32 Å².